The van der Waals surface area contributed by atoms with Crippen LogP contribution in [0.25, 0.3) is 5.69 Å². The van der Waals surface area contributed by atoms with Gasteiger partial charge in [-0.2, -0.15) is 5.10 Å². The molecule has 1 aromatic heterocycles. The minimum absolute atomic E-state index is 0.582. The Morgan fingerprint density at radius 3 is 2.69 bits per heavy atom. The fourth-order valence-corrected chi connectivity index (χ4v) is 4.54. The van der Waals surface area contributed by atoms with E-state index < -0.39 is 0 Å². The molecule has 0 bridgehead atoms. The van der Waals surface area contributed by atoms with Gasteiger partial charge in [-0.25, -0.2) is 4.68 Å². The summed E-state index contributed by atoms with van der Waals surface area (Å²) in [5.41, 5.74) is 3.73. The molecule has 170 valence electrons. The van der Waals surface area contributed by atoms with E-state index in [0.717, 1.165) is 49.8 Å². The SMILES string of the molecule is COc1ccc(CCN(C)C2CCCN(Cc3cccc(-n4cccn4)c3)C2)cc1OC. The van der Waals surface area contributed by atoms with Gasteiger partial charge in [-0.3, -0.25) is 4.90 Å². The molecule has 4 rings (SSSR count). The third kappa shape index (κ3) is 5.50. The van der Waals surface area contributed by atoms with Gasteiger partial charge in [0.1, 0.15) is 0 Å². The first-order chi connectivity index (χ1) is 15.7. The zero-order chi connectivity index (χ0) is 22.3. The summed E-state index contributed by atoms with van der Waals surface area (Å²) in [6.07, 6.45) is 7.30. The molecule has 1 unspecified atom stereocenters. The molecule has 6 nitrogen and oxygen atoms in total. The summed E-state index contributed by atoms with van der Waals surface area (Å²) < 4.78 is 12.7. The lowest BCUT2D eigenvalue weighted by molar-refractivity contribution is 0.112. The number of nitrogens with zero attached hydrogens (tertiary/aromatic N) is 4. The molecular weight excluding hydrogens is 400 g/mol. The molecule has 0 amide bonds. The van der Waals surface area contributed by atoms with E-state index in [4.69, 9.17) is 9.47 Å². The van der Waals surface area contributed by atoms with Crippen molar-refractivity contribution in [2.24, 2.45) is 0 Å². The first kappa shape index (κ1) is 22.4. The number of hydrogen-bond acceptors (Lipinski definition) is 5. The fourth-order valence-electron chi connectivity index (χ4n) is 4.54. The zero-order valence-electron chi connectivity index (χ0n) is 19.4. The van der Waals surface area contributed by atoms with Crippen LogP contribution in [0.5, 0.6) is 11.5 Å². The standard InChI is InChI=1S/C26H34N4O2/c1-28(16-12-21-10-11-25(31-2)26(18-21)32-3)24-9-5-14-29(20-24)19-22-7-4-8-23(17-22)30-15-6-13-27-30/h4,6-8,10-11,13,15,17-18,24H,5,9,12,14,16,19-20H2,1-3H3. The van der Waals surface area contributed by atoms with Crippen LogP contribution in [-0.2, 0) is 13.0 Å². The highest BCUT2D eigenvalue weighted by molar-refractivity contribution is 5.43. The van der Waals surface area contributed by atoms with Crippen molar-refractivity contribution in [1.82, 2.24) is 19.6 Å². The number of rotatable bonds is 9. The van der Waals surface area contributed by atoms with Crippen molar-refractivity contribution in [2.45, 2.75) is 31.8 Å². The van der Waals surface area contributed by atoms with Gasteiger partial charge in [0.05, 0.1) is 19.9 Å². The minimum Gasteiger partial charge on any atom is -0.493 e. The van der Waals surface area contributed by atoms with Crippen LogP contribution < -0.4 is 9.47 Å². The largest absolute Gasteiger partial charge is 0.493 e. The molecular formula is C26H34N4O2. The number of methoxy groups -OCH3 is 2. The van der Waals surface area contributed by atoms with Crippen LogP contribution in [0, 0.1) is 0 Å². The van der Waals surface area contributed by atoms with E-state index in [9.17, 15) is 0 Å². The lowest BCUT2D eigenvalue weighted by Crippen LogP contribution is -2.46. The van der Waals surface area contributed by atoms with Crippen molar-refractivity contribution in [3.05, 3.63) is 72.1 Å². The number of piperidine rings is 1. The molecule has 2 heterocycles. The van der Waals surface area contributed by atoms with Gasteiger partial charge in [0.25, 0.3) is 0 Å². The number of hydrogen-bond donors (Lipinski definition) is 0. The quantitative estimate of drug-likeness (QED) is 0.509. The van der Waals surface area contributed by atoms with Crippen LogP contribution in [0.1, 0.15) is 24.0 Å². The van der Waals surface area contributed by atoms with Gasteiger partial charge >= 0.3 is 0 Å². The van der Waals surface area contributed by atoms with Crippen molar-refractivity contribution in [3.63, 3.8) is 0 Å². The fraction of sp³-hybridized carbons (Fsp3) is 0.423. The van der Waals surface area contributed by atoms with E-state index >= 15 is 0 Å². The third-order valence-electron chi connectivity index (χ3n) is 6.39. The monoisotopic (exact) mass is 434 g/mol. The first-order valence-corrected chi connectivity index (χ1v) is 11.4. The van der Waals surface area contributed by atoms with Crippen LogP contribution in [-0.4, -0.2) is 66.5 Å². The van der Waals surface area contributed by atoms with Gasteiger partial charge in [-0.15, -0.1) is 0 Å². The van der Waals surface area contributed by atoms with Crippen LogP contribution in [0.2, 0.25) is 0 Å². The lowest BCUT2D eigenvalue weighted by atomic mass is 10.0. The van der Waals surface area contributed by atoms with Crippen molar-refractivity contribution in [1.29, 1.82) is 0 Å². The minimum atomic E-state index is 0.582. The highest BCUT2D eigenvalue weighted by Crippen LogP contribution is 2.28. The highest BCUT2D eigenvalue weighted by Gasteiger charge is 2.23. The zero-order valence-corrected chi connectivity index (χ0v) is 19.4. The Kier molecular flexibility index (Phi) is 7.45. The Labute approximate surface area is 191 Å². The molecule has 3 aromatic rings. The maximum Gasteiger partial charge on any atom is 0.160 e. The summed E-state index contributed by atoms with van der Waals surface area (Å²) in [5, 5.41) is 4.36. The van der Waals surface area contributed by atoms with Gasteiger partial charge in [-0.1, -0.05) is 18.2 Å². The molecule has 0 spiro atoms. The molecule has 6 heteroatoms. The van der Waals surface area contributed by atoms with Crippen molar-refractivity contribution >= 4 is 0 Å². The summed E-state index contributed by atoms with van der Waals surface area (Å²) in [6, 6.07) is 17.5. The molecule has 0 saturated carbocycles. The number of likely N-dealkylation sites (N-methyl/N-ethyl adjacent to an activating group) is 1. The van der Waals surface area contributed by atoms with Crippen LogP contribution in [0.4, 0.5) is 0 Å². The van der Waals surface area contributed by atoms with Crippen molar-refractivity contribution in [3.8, 4) is 17.2 Å². The molecule has 1 aliphatic rings. The number of aromatic nitrogens is 2. The van der Waals surface area contributed by atoms with Gasteiger partial charge in [-0.05, 0) is 74.3 Å². The second-order valence-electron chi connectivity index (χ2n) is 8.57. The lowest BCUT2D eigenvalue weighted by Gasteiger charge is -2.37. The van der Waals surface area contributed by atoms with Gasteiger partial charge < -0.3 is 14.4 Å². The topological polar surface area (TPSA) is 42.8 Å². The molecule has 0 N–H and O–H groups in total. The Balaban J connectivity index is 1.32. The first-order valence-electron chi connectivity index (χ1n) is 11.4. The predicted octanol–water partition coefficient (Wildman–Crippen LogP) is 4.03. The number of benzene rings is 2. The molecule has 32 heavy (non-hydrogen) atoms. The van der Waals surface area contributed by atoms with E-state index in [0.29, 0.717) is 6.04 Å². The van der Waals surface area contributed by atoms with E-state index in [-0.39, 0.29) is 0 Å². The van der Waals surface area contributed by atoms with Gasteiger partial charge in [0.15, 0.2) is 11.5 Å². The molecule has 2 aromatic carbocycles. The van der Waals surface area contributed by atoms with Crippen LogP contribution in [0.15, 0.2) is 60.9 Å². The summed E-state index contributed by atoms with van der Waals surface area (Å²) in [4.78, 5) is 5.10. The normalized spacial score (nSPS) is 16.9. The van der Waals surface area contributed by atoms with Crippen molar-refractivity contribution < 1.29 is 9.47 Å². The molecule has 1 aliphatic heterocycles. The van der Waals surface area contributed by atoms with E-state index in [1.165, 1.54) is 24.0 Å². The Hall–Kier alpha value is -2.83. The van der Waals surface area contributed by atoms with E-state index in [2.05, 4.69) is 58.3 Å². The summed E-state index contributed by atoms with van der Waals surface area (Å²) >= 11 is 0. The maximum absolute atomic E-state index is 5.45. The maximum atomic E-state index is 5.45. The van der Waals surface area contributed by atoms with Gasteiger partial charge in [0, 0.05) is 38.1 Å². The average molecular weight is 435 g/mol. The Morgan fingerprint density at radius 1 is 1.03 bits per heavy atom. The van der Waals surface area contributed by atoms with Crippen LogP contribution >= 0.6 is 0 Å². The summed E-state index contributed by atoms with van der Waals surface area (Å²) in [7, 11) is 5.62. The van der Waals surface area contributed by atoms with Gasteiger partial charge in [0.2, 0.25) is 0 Å². The Morgan fingerprint density at radius 2 is 1.91 bits per heavy atom. The molecule has 1 saturated heterocycles. The predicted molar refractivity (Wildman–Crippen MR) is 128 cm³/mol. The average Bonchev–Trinajstić information content (AvgIpc) is 3.38. The number of ether oxygens (including phenoxy) is 2. The second kappa shape index (κ2) is 10.7. The smallest absolute Gasteiger partial charge is 0.160 e. The molecule has 1 atom stereocenters. The van der Waals surface area contributed by atoms with E-state index in [1.807, 2.05) is 29.2 Å². The van der Waals surface area contributed by atoms with E-state index in [1.54, 1.807) is 14.2 Å². The molecule has 0 radical (unpaired) electrons. The highest BCUT2D eigenvalue weighted by atomic mass is 16.5. The number of likely N-dealkylation sites (tertiary alicyclic amines) is 1. The second-order valence-corrected chi connectivity index (χ2v) is 8.57. The van der Waals surface area contributed by atoms with Crippen LogP contribution in [0.3, 0.4) is 0 Å². The summed E-state index contributed by atoms with van der Waals surface area (Å²) in [6.45, 7) is 4.28. The van der Waals surface area contributed by atoms with Crippen molar-refractivity contribution in [2.75, 3.05) is 40.9 Å². The summed E-state index contributed by atoms with van der Waals surface area (Å²) in [5.74, 6) is 1.58. The third-order valence-corrected chi connectivity index (χ3v) is 6.39. The molecule has 0 aliphatic carbocycles. The Bertz CT molecular complexity index is 989. The molecule has 1 fully saturated rings.